The lowest BCUT2D eigenvalue weighted by atomic mass is 10.1. The average molecular weight is 246 g/mol. The maximum Gasteiger partial charge on any atom is 0.431 e. The molecule has 1 saturated heterocycles. The van der Waals surface area contributed by atoms with Gasteiger partial charge in [-0.3, -0.25) is 4.79 Å². The van der Waals surface area contributed by atoms with E-state index in [9.17, 15) is 18.0 Å². The highest BCUT2D eigenvalue weighted by Crippen LogP contribution is 2.28. The summed E-state index contributed by atoms with van der Waals surface area (Å²) in [5, 5.41) is 3.07. The molecule has 17 heavy (non-hydrogen) atoms. The van der Waals surface area contributed by atoms with Gasteiger partial charge in [-0.05, 0) is 31.5 Å². The smallest absolute Gasteiger partial charge is 0.316 e. The van der Waals surface area contributed by atoms with E-state index in [-0.39, 0.29) is 12.5 Å². The van der Waals surface area contributed by atoms with Crippen molar-refractivity contribution >= 4 is 0 Å². The predicted octanol–water partition coefficient (Wildman–Crippen LogP) is 1.48. The third kappa shape index (κ3) is 2.69. The molecular formula is C11H13F3N2O. The Morgan fingerprint density at radius 1 is 1.41 bits per heavy atom. The second kappa shape index (κ2) is 4.52. The van der Waals surface area contributed by atoms with Crippen molar-refractivity contribution in [3.8, 4) is 0 Å². The molecule has 1 aromatic rings. The molecule has 1 aliphatic heterocycles. The van der Waals surface area contributed by atoms with E-state index >= 15 is 0 Å². The summed E-state index contributed by atoms with van der Waals surface area (Å²) in [6, 6.07) is 3.26. The minimum Gasteiger partial charge on any atom is -0.316 e. The largest absolute Gasteiger partial charge is 0.431 e. The molecule has 0 bridgehead atoms. The van der Waals surface area contributed by atoms with Crippen LogP contribution in [0, 0.1) is 5.92 Å². The molecule has 1 aromatic heterocycles. The molecule has 1 unspecified atom stereocenters. The van der Waals surface area contributed by atoms with Crippen LogP contribution in [0.5, 0.6) is 0 Å². The van der Waals surface area contributed by atoms with E-state index in [1.54, 1.807) is 0 Å². The summed E-state index contributed by atoms with van der Waals surface area (Å²) in [5.41, 5.74) is -1.45. The minimum atomic E-state index is -4.48. The highest BCUT2D eigenvalue weighted by Gasteiger charge is 2.34. The highest BCUT2D eigenvalue weighted by atomic mass is 19.4. The fourth-order valence-corrected chi connectivity index (χ4v) is 2.08. The normalized spacial score (nSPS) is 20.8. The fourth-order valence-electron chi connectivity index (χ4n) is 2.08. The van der Waals surface area contributed by atoms with Crippen LogP contribution in [0.3, 0.4) is 0 Å². The second-order valence-corrected chi connectivity index (χ2v) is 4.22. The fraction of sp³-hybridized carbons (Fsp3) is 0.545. The van der Waals surface area contributed by atoms with Crippen LogP contribution in [0.2, 0.25) is 0 Å². The lowest BCUT2D eigenvalue weighted by molar-refractivity contribution is -0.144. The first-order valence-corrected chi connectivity index (χ1v) is 5.46. The molecule has 1 atom stereocenters. The molecule has 0 spiro atoms. The maximum absolute atomic E-state index is 12.7. The number of halogens is 3. The van der Waals surface area contributed by atoms with Gasteiger partial charge in [0.25, 0.3) is 5.56 Å². The Balaban J connectivity index is 2.33. The van der Waals surface area contributed by atoms with Crippen LogP contribution in [0.25, 0.3) is 0 Å². The van der Waals surface area contributed by atoms with Gasteiger partial charge in [0.15, 0.2) is 0 Å². The van der Waals surface area contributed by atoms with Crippen molar-refractivity contribution in [1.29, 1.82) is 0 Å². The number of hydrogen-bond donors (Lipinski definition) is 1. The van der Waals surface area contributed by atoms with Gasteiger partial charge in [0.05, 0.1) is 0 Å². The molecule has 3 nitrogen and oxygen atoms in total. The lowest BCUT2D eigenvalue weighted by Crippen LogP contribution is -2.30. The number of nitrogens with one attached hydrogen (secondary N) is 1. The van der Waals surface area contributed by atoms with E-state index in [0.29, 0.717) is 6.54 Å². The van der Waals surface area contributed by atoms with Crippen LogP contribution >= 0.6 is 0 Å². The van der Waals surface area contributed by atoms with Crippen LogP contribution in [-0.2, 0) is 12.7 Å². The number of alkyl halides is 3. The molecule has 2 rings (SSSR count). The summed E-state index contributed by atoms with van der Waals surface area (Å²) < 4.78 is 39.0. The van der Waals surface area contributed by atoms with Crippen molar-refractivity contribution in [3.05, 3.63) is 34.2 Å². The summed E-state index contributed by atoms with van der Waals surface area (Å²) in [7, 11) is 0. The van der Waals surface area contributed by atoms with Crippen molar-refractivity contribution in [1.82, 2.24) is 9.88 Å². The molecule has 0 aromatic carbocycles. The first kappa shape index (κ1) is 12.2. The van der Waals surface area contributed by atoms with E-state index in [1.165, 1.54) is 0 Å². The summed E-state index contributed by atoms with van der Waals surface area (Å²) in [4.78, 5) is 11.5. The van der Waals surface area contributed by atoms with Gasteiger partial charge in [0.2, 0.25) is 0 Å². The van der Waals surface area contributed by atoms with Crippen LogP contribution in [-0.4, -0.2) is 17.7 Å². The molecule has 1 aliphatic rings. The van der Waals surface area contributed by atoms with Crippen LogP contribution in [0.1, 0.15) is 12.1 Å². The van der Waals surface area contributed by atoms with Crippen LogP contribution < -0.4 is 10.9 Å². The Kier molecular flexibility index (Phi) is 3.24. The van der Waals surface area contributed by atoms with Crippen molar-refractivity contribution in [2.45, 2.75) is 19.1 Å². The van der Waals surface area contributed by atoms with Crippen molar-refractivity contribution in [2.24, 2.45) is 5.92 Å². The standard InChI is InChI=1S/C11H13F3N2O/c12-11(13,14)9-2-1-3-10(17)16(9)7-8-4-5-15-6-8/h1-3,8,15H,4-7H2. The number of nitrogens with zero attached hydrogens (tertiary/aromatic N) is 1. The maximum atomic E-state index is 12.7. The zero-order valence-corrected chi connectivity index (χ0v) is 9.13. The average Bonchev–Trinajstić information content (AvgIpc) is 2.72. The Morgan fingerprint density at radius 3 is 2.76 bits per heavy atom. The Labute approximate surface area is 96.3 Å². The molecule has 2 heterocycles. The van der Waals surface area contributed by atoms with Gasteiger partial charge >= 0.3 is 6.18 Å². The number of rotatable bonds is 2. The highest BCUT2D eigenvalue weighted by molar-refractivity contribution is 5.10. The van der Waals surface area contributed by atoms with E-state index in [4.69, 9.17) is 0 Å². The third-order valence-electron chi connectivity index (χ3n) is 2.94. The molecule has 0 saturated carbocycles. The first-order chi connectivity index (χ1) is 7.98. The molecule has 1 fully saturated rings. The monoisotopic (exact) mass is 246 g/mol. The topological polar surface area (TPSA) is 34.0 Å². The summed E-state index contributed by atoms with van der Waals surface area (Å²) in [5.74, 6) is 0.0937. The zero-order chi connectivity index (χ0) is 12.5. The van der Waals surface area contributed by atoms with E-state index in [1.807, 2.05) is 0 Å². The Morgan fingerprint density at radius 2 is 2.18 bits per heavy atom. The third-order valence-corrected chi connectivity index (χ3v) is 2.94. The molecule has 0 aliphatic carbocycles. The van der Waals surface area contributed by atoms with Gasteiger partial charge in [-0.25, -0.2) is 0 Å². The van der Waals surface area contributed by atoms with Gasteiger partial charge in [-0.2, -0.15) is 13.2 Å². The minimum absolute atomic E-state index is 0.0937. The Hall–Kier alpha value is -1.30. The molecule has 94 valence electrons. The SMILES string of the molecule is O=c1cccc(C(F)(F)F)n1CC1CCNC1. The number of hydrogen-bond acceptors (Lipinski definition) is 2. The quantitative estimate of drug-likeness (QED) is 0.857. The number of pyridine rings is 1. The summed E-state index contributed by atoms with van der Waals surface area (Å²) in [6.07, 6.45) is -3.68. The summed E-state index contributed by atoms with van der Waals surface area (Å²) in [6.45, 7) is 1.59. The predicted molar refractivity (Wildman–Crippen MR) is 56.7 cm³/mol. The van der Waals surface area contributed by atoms with Crippen molar-refractivity contribution in [2.75, 3.05) is 13.1 Å². The van der Waals surface area contributed by atoms with E-state index in [0.717, 1.165) is 35.7 Å². The molecular weight excluding hydrogens is 233 g/mol. The summed E-state index contributed by atoms with van der Waals surface area (Å²) >= 11 is 0. The van der Waals surface area contributed by atoms with Gasteiger partial charge in [0, 0.05) is 12.6 Å². The number of aromatic nitrogens is 1. The molecule has 6 heteroatoms. The first-order valence-electron chi connectivity index (χ1n) is 5.46. The second-order valence-electron chi connectivity index (χ2n) is 4.22. The van der Waals surface area contributed by atoms with E-state index < -0.39 is 17.4 Å². The van der Waals surface area contributed by atoms with Gasteiger partial charge < -0.3 is 9.88 Å². The Bertz CT molecular complexity index is 447. The van der Waals surface area contributed by atoms with Gasteiger partial charge in [-0.15, -0.1) is 0 Å². The van der Waals surface area contributed by atoms with E-state index in [2.05, 4.69) is 5.32 Å². The van der Waals surface area contributed by atoms with Crippen molar-refractivity contribution in [3.63, 3.8) is 0 Å². The van der Waals surface area contributed by atoms with Gasteiger partial charge in [0.1, 0.15) is 5.69 Å². The molecule has 1 N–H and O–H groups in total. The van der Waals surface area contributed by atoms with Gasteiger partial charge in [-0.1, -0.05) is 6.07 Å². The van der Waals surface area contributed by atoms with Crippen LogP contribution in [0.15, 0.2) is 23.0 Å². The van der Waals surface area contributed by atoms with Crippen molar-refractivity contribution < 1.29 is 13.2 Å². The molecule has 0 radical (unpaired) electrons. The van der Waals surface area contributed by atoms with Crippen LogP contribution in [0.4, 0.5) is 13.2 Å². The lowest BCUT2D eigenvalue weighted by Gasteiger charge is -2.17. The zero-order valence-electron chi connectivity index (χ0n) is 9.13. The molecule has 0 amide bonds.